The first-order valence-electron chi connectivity index (χ1n) is 13.6. The first-order chi connectivity index (χ1) is 20.3. The number of benzene rings is 2. The van der Waals surface area contributed by atoms with Crippen LogP contribution in [-0.2, 0) is 39.1 Å². The molecule has 2 heterocycles. The van der Waals surface area contributed by atoms with Crippen molar-refractivity contribution in [3.63, 3.8) is 0 Å². The van der Waals surface area contributed by atoms with E-state index in [4.69, 9.17) is 9.84 Å². The molecular weight excluding hydrogens is 561 g/mol. The molecule has 2 aromatic heterocycles. The Morgan fingerprint density at radius 2 is 1.74 bits per heavy atom. The molecule has 4 aromatic rings. The van der Waals surface area contributed by atoms with Crippen LogP contribution in [0.4, 0.5) is 9.18 Å². The maximum absolute atomic E-state index is 15.4. The summed E-state index contributed by atoms with van der Waals surface area (Å²) in [5.41, 5.74) is 2.19. The van der Waals surface area contributed by atoms with Gasteiger partial charge in [0.1, 0.15) is 24.5 Å². The Morgan fingerprint density at radius 1 is 1.00 bits per heavy atom. The van der Waals surface area contributed by atoms with Crippen LogP contribution < -0.4 is 16.0 Å². The van der Waals surface area contributed by atoms with Crippen molar-refractivity contribution in [3.8, 4) is 11.1 Å². The van der Waals surface area contributed by atoms with Crippen molar-refractivity contribution in [2.24, 2.45) is 7.05 Å². The lowest BCUT2D eigenvalue weighted by atomic mass is 9.97. The van der Waals surface area contributed by atoms with E-state index in [2.05, 4.69) is 26.1 Å². The smallest absolute Gasteiger partial charge is 0.407 e. The summed E-state index contributed by atoms with van der Waals surface area (Å²) in [6, 6.07) is 8.44. The quantitative estimate of drug-likeness (QED) is 0.192. The van der Waals surface area contributed by atoms with Gasteiger partial charge in [0.2, 0.25) is 11.8 Å². The fraction of sp³-hybridized carbons (Fsp3) is 0.379. The number of aliphatic carboxylic acids is 1. The number of carboxylic acid groups (broad SMARTS) is 1. The van der Waals surface area contributed by atoms with E-state index in [1.165, 1.54) is 10.7 Å². The van der Waals surface area contributed by atoms with Gasteiger partial charge in [-0.2, -0.15) is 10.2 Å². The molecule has 0 fully saturated rings. The molecule has 0 radical (unpaired) electrons. The third-order valence-corrected chi connectivity index (χ3v) is 6.41. The van der Waals surface area contributed by atoms with Crippen LogP contribution in [0, 0.1) is 5.82 Å². The van der Waals surface area contributed by atoms with Crippen molar-refractivity contribution in [1.82, 2.24) is 35.5 Å². The highest BCUT2D eigenvalue weighted by molar-refractivity contribution is 5.99. The van der Waals surface area contributed by atoms with Gasteiger partial charge >= 0.3 is 12.1 Å². The molecule has 0 bridgehead atoms. The number of ether oxygens (including phenoxy) is 1. The molecule has 2 aromatic carbocycles. The highest BCUT2D eigenvalue weighted by Crippen LogP contribution is 2.35. The molecule has 0 unspecified atom stereocenters. The van der Waals surface area contributed by atoms with E-state index in [1.54, 1.807) is 63.0 Å². The van der Waals surface area contributed by atoms with Crippen molar-refractivity contribution in [2.75, 3.05) is 19.6 Å². The molecule has 0 aliphatic carbocycles. The number of carboxylic acids is 1. The van der Waals surface area contributed by atoms with Crippen LogP contribution in [0.25, 0.3) is 32.9 Å². The van der Waals surface area contributed by atoms with Gasteiger partial charge in [0.05, 0.1) is 29.5 Å². The summed E-state index contributed by atoms with van der Waals surface area (Å²) < 4.78 is 23.9. The number of alkyl carbamates (subject to hydrolysis) is 1. The first-order valence-corrected chi connectivity index (χ1v) is 13.6. The lowest BCUT2D eigenvalue weighted by Crippen LogP contribution is -2.40. The number of carbonyl (C=O) groups excluding carboxylic acids is 3. The van der Waals surface area contributed by atoms with Gasteiger partial charge in [0, 0.05) is 29.9 Å². The molecule has 0 saturated heterocycles. The summed E-state index contributed by atoms with van der Waals surface area (Å²) >= 11 is 0. The lowest BCUT2D eigenvalue weighted by molar-refractivity contribution is -0.137. The zero-order valence-corrected chi connectivity index (χ0v) is 24.4. The largest absolute Gasteiger partial charge is 0.480 e. The second kappa shape index (κ2) is 12.9. The van der Waals surface area contributed by atoms with Crippen LogP contribution in [-0.4, -0.2) is 73.8 Å². The molecule has 0 aliphatic rings. The molecule has 4 rings (SSSR count). The van der Waals surface area contributed by atoms with Crippen LogP contribution in [0.2, 0.25) is 0 Å². The summed E-state index contributed by atoms with van der Waals surface area (Å²) in [5.74, 6) is -2.82. The third-order valence-electron chi connectivity index (χ3n) is 6.41. The van der Waals surface area contributed by atoms with Crippen molar-refractivity contribution >= 4 is 45.7 Å². The second-order valence-electron chi connectivity index (χ2n) is 10.9. The Labute approximate surface area is 246 Å². The van der Waals surface area contributed by atoms with E-state index < -0.39 is 48.4 Å². The third kappa shape index (κ3) is 7.84. The van der Waals surface area contributed by atoms with E-state index in [9.17, 15) is 19.2 Å². The number of aryl methyl sites for hydroxylation is 2. The van der Waals surface area contributed by atoms with Crippen LogP contribution in [0.5, 0.6) is 0 Å². The van der Waals surface area contributed by atoms with Crippen LogP contribution in [0.1, 0.15) is 32.9 Å². The standard InChI is InChI=1S/C29H34FN7O6/c1-29(2,3)43-28(42)31-10-6-8-21-27-18(19-12-23-17(11-20(19)30)13-34-36(23)4)7-5-9-22(27)37(35-21)16-25(39)32-14-24(38)33-15-26(40)41/h5,7,9,11-13H,6,8,10,14-16H2,1-4H3,(H,31,42)(H,32,39)(H,33,38)(H,40,41). The maximum atomic E-state index is 15.4. The van der Waals surface area contributed by atoms with Gasteiger partial charge in [-0.1, -0.05) is 12.1 Å². The van der Waals surface area contributed by atoms with Gasteiger partial charge in [-0.05, 0) is 57.4 Å². The predicted octanol–water partition coefficient (Wildman–Crippen LogP) is 2.50. The minimum Gasteiger partial charge on any atom is -0.480 e. The van der Waals surface area contributed by atoms with Crippen molar-refractivity contribution in [1.29, 1.82) is 0 Å². The molecule has 43 heavy (non-hydrogen) atoms. The Kier molecular flexibility index (Phi) is 9.27. The van der Waals surface area contributed by atoms with E-state index in [0.717, 1.165) is 5.52 Å². The molecule has 228 valence electrons. The fourth-order valence-electron chi connectivity index (χ4n) is 4.57. The second-order valence-corrected chi connectivity index (χ2v) is 10.9. The lowest BCUT2D eigenvalue weighted by Gasteiger charge is -2.19. The van der Waals surface area contributed by atoms with E-state index in [0.29, 0.717) is 52.5 Å². The normalized spacial score (nSPS) is 11.5. The van der Waals surface area contributed by atoms with Crippen LogP contribution in [0.3, 0.4) is 0 Å². The number of fused-ring (bicyclic) bond motifs is 2. The Bertz CT molecular complexity index is 1690. The van der Waals surface area contributed by atoms with Crippen molar-refractivity contribution < 1.29 is 33.4 Å². The van der Waals surface area contributed by atoms with Gasteiger partial charge in [-0.25, -0.2) is 9.18 Å². The Morgan fingerprint density at radius 3 is 2.47 bits per heavy atom. The molecule has 14 heteroatoms. The van der Waals surface area contributed by atoms with Gasteiger partial charge in [-0.3, -0.25) is 23.7 Å². The summed E-state index contributed by atoms with van der Waals surface area (Å²) in [6.45, 7) is 4.40. The SMILES string of the molecule is Cn1ncc2cc(F)c(-c3cccc4c3c(CCCNC(=O)OC(C)(C)C)nn4CC(=O)NCC(=O)NCC(=O)O)cc21. The number of amides is 3. The highest BCUT2D eigenvalue weighted by atomic mass is 19.1. The van der Waals surface area contributed by atoms with E-state index >= 15 is 4.39 Å². The molecule has 0 saturated carbocycles. The highest BCUT2D eigenvalue weighted by Gasteiger charge is 2.21. The van der Waals surface area contributed by atoms with Crippen molar-refractivity contribution in [3.05, 3.63) is 48.0 Å². The number of aromatic nitrogens is 4. The van der Waals surface area contributed by atoms with Gasteiger partial charge in [0.15, 0.2) is 0 Å². The van der Waals surface area contributed by atoms with Gasteiger partial charge < -0.3 is 25.8 Å². The summed E-state index contributed by atoms with van der Waals surface area (Å²) in [5, 5.41) is 26.2. The summed E-state index contributed by atoms with van der Waals surface area (Å²) in [7, 11) is 1.77. The van der Waals surface area contributed by atoms with Gasteiger partial charge in [-0.15, -0.1) is 0 Å². The number of nitrogens with one attached hydrogen (secondary N) is 3. The van der Waals surface area contributed by atoms with E-state index in [1.807, 2.05) is 0 Å². The predicted molar refractivity (Wildman–Crippen MR) is 156 cm³/mol. The monoisotopic (exact) mass is 595 g/mol. The molecule has 3 amide bonds. The zero-order chi connectivity index (χ0) is 31.3. The minimum atomic E-state index is -1.20. The van der Waals surface area contributed by atoms with Crippen LogP contribution in [0.15, 0.2) is 36.5 Å². The van der Waals surface area contributed by atoms with E-state index in [-0.39, 0.29) is 6.54 Å². The number of halogens is 1. The Balaban J connectivity index is 1.62. The topological polar surface area (TPSA) is 169 Å². The minimum absolute atomic E-state index is 0.244. The Hall–Kier alpha value is -5.01. The zero-order valence-electron chi connectivity index (χ0n) is 24.4. The number of carbonyl (C=O) groups is 4. The molecule has 0 aliphatic heterocycles. The molecule has 4 N–H and O–H groups in total. The number of rotatable bonds is 11. The number of hydrogen-bond acceptors (Lipinski definition) is 7. The average molecular weight is 596 g/mol. The number of nitrogens with zero attached hydrogens (tertiary/aromatic N) is 4. The molecule has 0 spiro atoms. The average Bonchev–Trinajstić information content (AvgIpc) is 3.46. The summed E-state index contributed by atoms with van der Waals surface area (Å²) in [4.78, 5) is 47.3. The van der Waals surface area contributed by atoms with Crippen molar-refractivity contribution in [2.45, 2.75) is 45.8 Å². The molecular formula is C29H34FN7O6. The number of hydrogen-bond donors (Lipinski definition) is 4. The first kappa shape index (κ1) is 30.9. The maximum Gasteiger partial charge on any atom is 0.407 e. The van der Waals surface area contributed by atoms with Gasteiger partial charge in [0.25, 0.3) is 0 Å². The van der Waals surface area contributed by atoms with Crippen LogP contribution >= 0.6 is 0 Å². The fourth-order valence-corrected chi connectivity index (χ4v) is 4.57. The molecule has 0 atom stereocenters. The summed E-state index contributed by atoms with van der Waals surface area (Å²) in [6.07, 6.45) is 1.92. The molecule has 13 nitrogen and oxygen atoms in total.